The maximum Gasteiger partial charge on any atom is 0.0836 e. The summed E-state index contributed by atoms with van der Waals surface area (Å²) >= 11 is 0. The van der Waals surface area contributed by atoms with E-state index in [2.05, 4.69) is 41.9 Å². The number of nitrogens with zero attached hydrogens (tertiary/aromatic N) is 1. The molecule has 1 aliphatic heterocycles. The lowest BCUT2D eigenvalue weighted by atomic mass is 9.79. The standard InChI is InChI=1S/C24H37N3O/c1-16(2)17-6-8-19(9-7-17)27-22-5-3-4-20(18-10-12-26-13-11-18)24(22)21(14-25)23(27)15-28/h3-5,16-19,26,28H,6-15,25H2,1-2H3/t17-,19+. The lowest BCUT2D eigenvalue weighted by Gasteiger charge is -2.33. The summed E-state index contributed by atoms with van der Waals surface area (Å²) in [6.45, 7) is 7.47. The molecule has 4 N–H and O–H groups in total. The Bertz CT molecular complexity index is 796. The van der Waals surface area contributed by atoms with Crippen LogP contribution in [0.3, 0.4) is 0 Å². The zero-order valence-corrected chi connectivity index (χ0v) is 17.6. The van der Waals surface area contributed by atoms with E-state index in [1.54, 1.807) is 0 Å². The van der Waals surface area contributed by atoms with Gasteiger partial charge in [-0.1, -0.05) is 26.0 Å². The molecule has 2 aromatic rings. The zero-order valence-electron chi connectivity index (χ0n) is 17.6. The Morgan fingerprint density at radius 2 is 1.82 bits per heavy atom. The number of fused-ring (bicyclic) bond motifs is 1. The van der Waals surface area contributed by atoms with Crippen LogP contribution < -0.4 is 11.1 Å². The molecule has 1 aromatic carbocycles. The Kier molecular flexibility index (Phi) is 6.10. The minimum Gasteiger partial charge on any atom is -0.390 e. The Morgan fingerprint density at radius 3 is 2.43 bits per heavy atom. The SMILES string of the molecule is CC(C)[C@H]1CC[C@@H](n2c(CO)c(CN)c3c(C4CCNCC4)cccc32)CC1. The summed E-state index contributed by atoms with van der Waals surface area (Å²) in [5.74, 6) is 2.20. The first-order valence-electron chi connectivity index (χ1n) is 11.3. The summed E-state index contributed by atoms with van der Waals surface area (Å²) in [7, 11) is 0. The van der Waals surface area contributed by atoms with Crippen molar-refractivity contribution in [3.05, 3.63) is 35.0 Å². The third-order valence-electron chi connectivity index (χ3n) is 7.46. The third kappa shape index (κ3) is 3.51. The van der Waals surface area contributed by atoms with Crippen molar-refractivity contribution in [2.24, 2.45) is 17.6 Å². The van der Waals surface area contributed by atoms with Crippen LogP contribution in [0.15, 0.2) is 18.2 Å². The summed E-state index contributed by atoms with van der Waals surface area (Å²) in [5, 5.41) is 15.1. The maximum absolute atomic E-state index is 10.3. The van der Waals surface area contributed by atoms with Crippen LogP contribution in [0.2, 0.25) is 0 Å². The van der Waals surface area contributed by atoms with Crippen LogP contribution in [-0.4, -0.2) is 22.8 Å². The number of hydrogen-bond donors (Lipinski definition) is 3. The first kappa shape index (κ1) is 19.9. The summed E-state index contributed by atoms with van der Waals surface area (Å²) in [4.78, 5) is 0. The molecule has 0 bridgehead atoms. The highest BCUT2D eigenvalue weighted by Gasteiger charge is 2.29. The van der Waals surface area contributed by atoms with E-state index in [0.29, 0.717) is 18.5 Å². The van der Waals surface area contributed by atoms with Crippen LogP contribution in [0.25, 0.3) is 10.9 Å². The molecule has 0 radical (unpaired) electrons. The van der Waals surface area contributed by atoms with E-state index in [1.165, 1.54) is 60.6 Å². The number of nitrogens with one attached hydrogen (secondary N) is 1. The van der Waals surface area contributed by atoms with Gasteiger partial charge in [-0.05, 0) is 86.6 Å². The summed E-state index contributed by atoms with van der Waals surface area (Å²) in [6, 6.07) is 7.27. The molecule has 0 atom stereocenters. The fourth-order valence-corrected chi connectivity index (χ4v) is 5.83. The molecule has 1 saturated carbocycles. The van der Waals surface area contributed by atoms with Gasteiger partial charge < -0.3 is 20.7 Å². The number of benzene rings is 1. The zero-order chi connectivity index (χ0) is 19.7. The van der Waals surface area contributed by atoms with Crippen molar-refractivity contribution in [3.63, 3.8) is 0 Å². The van der Waals surface area contributed by atoms with Crippen molar-refractivity contribution in [1.82, 2.24) is 9.88 Å². The van der Waals surface area contributed by atoms with Crippen molar-refractivity contribution in [2.45, 2.75) is 77.5 Å². The van der Waals surface area contributed by atoms with Crippen molar-refractivity contribution in [3.8, 4) is 0 Å². The van der Waals surface area contributed by atoms with Gasteiger partial charge in [0, 0.05) is 29.2 Å². The summed E-state index contributed by atoms with van der Waals surface area (Å²) in [5.41, 5.74) is 11.2. The monoisotopic (exact) mass is 383 g/mol. The van der Waals surface area contributed by atoms with E-state index < -0.39 is 0 Å². The van der Waals surface area contributed by atoms with E-state index in [9.17, 15) is 5.11 Å². The van der Waals surface area contributed by atoms with Crippen molar-refractivity contribution >= 4 is 10.9 Å². The molecule has 1 aliphatic carbocycles. The van der Waals surface area contributed by atoms with Crippen LogP contribution in [0, 0.1) is 11.8 Å². The highest BCUT2D eigenvalue weighted by molar-refractivity contribution is 5.89. The molecule has 154 valence electrons. The fraction of sp³-hybridized carbons (Fsp3) is 0.667. The van der Waals surface area contributed by atoms with Gasteiger partial charge >= 0.3 is 0 Å². The number of aliphatic hydroxyl groups excluding tert-OH is 1. The summed E-state index contributed by atoms with van der Waals surface area (Å²) in [6.07, 6.45) is 7.37. The number of rotatable bonds is 5. The van der Waals surface area contributed by atoms with Gasteiger partial charge in [0.25, 0.3) is 0 Å². The van der Waals surface area contributed by atoms with E-state index in [1.807, 2.05) is 0 Å². The molecule has 2 heterocycles. The molecule has 4 heteroatoms. The van der Waals surface area contributed by atoms with Gasteiger partial charge in [0.2, 0.25) is 0 Å². The number of hydrogen-bond acceptors (Lipinski definition) is 3. The molecular weight excluding hydrogens is 346 g/mol. The molecule has 0 unspecified atom stereocenters. The lowest BCUT2D eigenvalue weighted by Crippen LogP contribution is -2.26. The van der Waals surface area contributed by atoms with Crippen molar-refractivity contribution in [1.29, 1.82) is 0 Å². The van der Waals surface area contributed by atoms with E-state index in [0.717, 1.165) is 30.6 Å². The summed E-state index contributed by atoms with van der Waals surface area (Å²) < 4.78 is 2.47. The van der Waals surface area contributed by atoms with E-state index in [-0.39, 0.29) is 6.61 Å². The maximum atomic E-state index is 10.3. The first-order chi connectivity index (χ1) is 13.7. The second-order valence-electron chi connectivity index (χ2n) is 9.24. The molecule has 0 spiro atoms. The van der Waals surface area contributed by atoms with Crippen LogP contribution in [0.5, 0.6) is 0 Å². The Labute approximate surface area is 169 Å². The highest BCUT2D eigenvalue weighted by Crippen LogP contribution is 2.42. The van der Waals surface area contributed by atoms with Crippen LogP contribution in [0.4, 0.5) is 0 Å². The number of nitrogens with two attached hydrogens (primary N) is 1. The third-order valence-corrected chi connectivity index (χ3v) is 7.46. The van der Waals surface area contributed by atoms with Gasteiger partial charge in [0.15, 0.2) is 0 Å². The molecule has 1 aromatic heterocycles. The Balaban J connectivity index is 1.78. The molecule has 2 aliphatic rings. The van der Waals surface area contributed by atoms with Gasteiger partial charge in [-0.15, -0.1) is 0 Å². The average molecular weight is 384 g/mol. The van der Waals surface area contributed by atoms with Crippen molar-refractivity contribution in [2.75, 3.05) is 13.1 Å². The number of aromatic nitrogens is 1. The molecule has 4 nitrogen and oxygen atoms in total. The van der Waals surface area contributed by atoms with Crippen molar-refractivity contribution < 1.29 is 5.11 Å². The molecule has 28 heavy (non-hydrogen) atoms. The molecule has 1 saturated heterocycles. The quantitative estimate of drug-likeness (QED) is 0.715. The van der Waals surface area contributed by atoms with Gasteiger partial charge in [-0.25, -0.2) is 0 Å². The molecule has 4 rings (SSSR count). The normalized spacial score (nSPS) is 24.3. The molecule has 2 fully saturated rings. The molecule has 0 amide bonds. The second-order valence-corrected chi connectivity index (χ2v) is 9.24. The lowest BCUT2D eigenvalue weighted by molar-refractivity contribution is 0.214. The average Bonchev–Trinajstić information content (AvgIpc) is 3.07. The second kappa shape index (κ2) is 8.56. The smallest absolute Gasteiger partial charge is 0.0836 e. The van der Waals surface area contributed by atoms with Gasteiger partial charge in [0.05, 0.1) is 6.61 Å². The van der Waals surface area contributed by atoms with E-state index >= 15 is 0 Å². The number of piperidine rings is 1. The van der Waals surface area contributed by atoms with Crippen LogP contribution >= 0.6 is 0 Å². The minimum atomic E-state index is 0.0803. The van der Waals surface area contributed by atoms with Crippen LogP contribution in [0.1, 0.15) is 81.2 Å². The first-order valence-corrected chi connectivity index (χ1v) is 11.3. The topological polar surface area (TPSA) is 63.2 Å². The number of aliphatic hydroxyl groups is 1. The largest absolute Gasteiger partial charge is 0.390 e. The predicted octanol–water partition coefficient (Wildman–Crippen LogP) is 4.45. The van der Waals surface area contributed by atoms with Gasteiger partial charge in [-0.2, -0.15) is 0 Å². The van der Waals surface area contributed by atoms with Gasteiger partial charge in [0.1, 0.15) is 0 Å². The minimum absolute atomic E-state index is 0.0803. The Morgan fingerprint density at radius 1 is 1.11 bits per heavy atom. The van der Waals surface area contributed by atoms with Gasteiger partial charge in [-0.3, -0.25) is 0 Å². The molecular formula is C24H37N3O. The fourth-order valence-electron chi connectivity index (χ4n) is 5.83. The van der Waals surface area contributed by atoms with E-state index in [4.69, 9.17) is 5.73 Å². The van der Waals surface area contributed by atoms with Crippen LogP contribution in [-0.2, 0) is 13.2 Å². The highest BCUT2D eigenvalue weighted by atomic mass is 16.3. The Hall–Kier alpha value is -1.36. The predicted molar refractivity (Wildman–Crippen MR) is 116 cm³/mol.